The minimum Gasteiger partial charge on any atom is -0.462 e. The van der Waals surface area contributed by atoms with Gasteiger partial charge in [-0.3, -0.25) is 10.6 Å². The van der Waals surface area contributed by atoms with Crippen molar-refractivity contribution in [2.45, 2.75) is 20.0 Å². The van der Waals surface area contributed by atoms with E-state index in [4.69, 9.17) is 103 Å². The highest BCUT2D eigenvalue weighted by atomic mass is 35.6. The lowest BCUT2D eigenvalue weighted by Gasteiger charge is -2.29. The standard InChI is InChI=1S/C20H24Cl6N2O9/c21-19(22,23)15-27-17(29)34-11-9-32-7-5-31-6-8-33-10-12-35-18(30)28-16(20(24,25)26)37-14-4-2-1-3-13(14)36-15/h1-4,15-16H,5-12H2,(H,27,29)(H,28,30). The Morgan fingerprint density at radius 2 is 0.919 bits per heavy atom. The average molecular weight is 649 g/mol. The molecule has 1 aromatic rings. The van der Waals surface area contributed by atoms with Crippen LogP contribution < -0.4 is 20.1 Å². The maximum atomic E-state index is 12.2. The molecule has 1 aliphatic rings. The number of alkyl halides is 6. The van der Waals surface area contributed by atoms with Crippen LogP contribution in [0, 0.1) is 0 Å². The van der Waals surface area contributed by atoms with Crippen molar-refractivity contribution in [3.8, 4) is 11.5 Å². The topological polar surface area (TPSA) is 123 Å². The van der Waals surface area contributed by atoms with Crippen molar-refractivity contribution in [1.29, 1.82) is 0 Å². The number of amides is 2. The van der Waals surface area contributed by atoms with Gasteiger partial charge in [0.15, 0.2) is 11.5 Å². The number of fused-ring (bicyclic) bond motifs is 1. The van der Waals surface area contributed by atoms with Gasteiger partial charge in [-0.15, -0.1) is 0 Å². The van der Waals surface area contributed by atoms with Gasteiger partial charge in [-0.1, -0.05) is 81.7 Å². The molecule has 2 atom stereocenters. The molecule has 0 fully saturated rings. The lowest BCUT2D eigenvalue weighted by molar-refractivity contribution is -0.00160. The predicted octanol–water partition coefficient (Wildman–Crippen LogP) is 4.35. The molecule has 17 heteroatoms. The van der Waals surface area contributed by atoms with E-state index in [2.05, 4.69) is 10.6 Å². The van der Waals surface area contributed by atoms with Gasteiger partial charge in [0.1, 0.15) is 13.2 Å². The molecule has 11 nitrogen and oxygen atoms in total. The molecule has 1 aromatic carbocycles. The third-order valence-electron chi connectivity index (χ3n) is 4.10. The predicted molar refractivity (Wildman–Crippen MR) is 137 cm³/mol. The van der Waals surface area contributed by atoms with Gasteiger partial charge < -0.3 is 33.2 Å². The molecule has 0 saturated carbocycles. The van der Waals surface area contributed by atoms with Crippen LogP contribution in [0.2, 0.25) is 0 Å². The lowest BCUT2D eigenvalue weighted by Crippen LogP contribution is -2.49. The Bertz CT molecular complexity index is 789. The van der Waals surface area contributed by atoms with Crippen molar-refractivity contribution in [2.75, 3.05) is 52.9 Å². The van der Waals surface area contributed by atoms with Gasteiger partial charge in [0, 0.05) is 0 Å². The zero-order chi connectivity index (χ0) is 27.3. The highest BCUT2D eigenvalue weighted by molar-refractivity contribution is 6.68. The maximum absolute atomic E-state index is 12.2. The van der Waals surface area contributed by atoms with Crippen molar-refractivity contribution < 1.29 is 42.7 Å². The quantitative estimate of drug-likeness (QED) is 0.395. The van der Waals surface area contributed by atoms with Crippen LogP contribution in [0.25, 0.3) is 0 Å². The highest BCUT2D eigenvalue weighted by Gasteiger charge is 2.39. The summed E-state index contributed by atoms with van der Waals surface area (Å²) < 4.78 is 33.0. The summed E-state index contributed by atoms with van der Waals surface area (Å²) in [6, 6.07) is 5.98. The van der Waals surface area contributed by atoms with E-state index in [1.165, 1.54) is 12.1 Å². The highest BCUT2D eigenvalue weighted by Crippen LogP contribution is 2.38. The Labute approximate surface area is 243 Å². The van der Waals surface area contributed by atoms with Gasteiger partial charge in [-0.25, -0.2) is 9.59 Å². The molecule has 0 spiro atoms. The van der Waals surface area contributed by atoms with Gasteiger partial charge in [-0.2, -0.15) is 0 Å². The fourth-order valence-electron chi connectivity index (χ4n) is 2.48. The Balaban J connectivity index is 2.21. The largest absolute Gasteiger partial charge is 0.462 e. The number of rotatable bonds is 0. The molecular weight excluding hydrogens is 625 g/mol. The number of carbonyl (C=O) groups excluding carboxylic acids is 2. The van der Waals surface area contributed by atoms with Crippen LogP contribution >= 0.6 is 69.6 Å². The number of nitrogens with one attached hydrogen (secondary N) is 2. The summed E-state index contributed by atoms with van der Waals surface area (Å²) in [4.78, 5) is 24.4. The van der Waals surface area contributed by atoms with Crippen LogP contribution in [0.1, 0.15) is 0 Å². The molecule has 2 rings (SSSR count). The molecule has 37 heavy (non-hydrogen) atoms. The van der Waals surface area contributed by atoms with E-state index < -0.39 is 32.2 Å². The lowest BCUT2D eigenvalue weighted by atomic mass is 10.3. The summed E-state index contributed by atoms with van der Waals surface area (Å²) in [7, 11) is 0. The zero-order valence-corrected chi connectivity index (χ0v) is 23.6. The fraction of sp³-hybridized carbons (Fsp3) is 0.600. The molecule has 2 amide bonds. The van der Waals surface area contributed by atoms with Crippen molar-refractivity contribution in [1.82, 2.24) is 10.6 Å². The number of halogens is 6. The van der Waals surface area contributed by atoms with Gasteiger partial charge in [0.2, 0.25) is 20.0 Å². The first kappa shape index (κ1) is 32.2. The van der Waals surface area contributed by atoms with Gasteiger partial charge >= 0.3 is 12.2 Å². The molecule has 1 heterocycles. The van der Waals surface area contributed by atoms with E-state index in [-0.39, 0.29) is 64.4 Å². The summed E-state index contributed by atoms with van der Waals surface area (Å²) in [5.41, 5.74) is 0. The number of alkyl carbamates (subject to hydrolysis) is 2. The summed E-state index contributed by atoms with van der Waals surface area (Å²) in [6.45, 7) is 1.10. The van der Waals surface area contributed by atoms with Gasteiger partial charge in [0.05, 0.1) is 39.6 Å². The van der Waals surface area contributed by atoms with Crippen LogP contribution in [0.3, 0.4) is 0 Å². The molecule has 0 aromatic heterocycles. The molecule has 0 bridgehead atoms. The number of cyclic esters (lactones) is 2. The Hall–Kier alpha value is -1.02. The third-order valence-corrected chi connectivity index (χ3v) is 5.29. The van der Waals surface area contributed by atoms with Gasteiger partial charge in [-0.05, 0) is 12.1 Å². The van der Waals surface area contributed by atoms with Gasteiger partial charge in [0.25, 0.3) is 0 Å². The second-order valence-electron chi connectivity index (χ2n) is 6.92. The minimum absolute atomic E-state index is 0.0383. The van der Waals surface area contributed by atoms with Crippen LogP contribution in [0.15, 0.2) is 24.3 Å². The first-order valence-corrected chi connectivity index (χ1v) is 12.9. The van der Waals surface area contributed by atoms with E-state index in [9.17, 15) is 9.59 Å². The normalized spacial score (nSPS) is 22.5. The van der Waals surface area contributed by atoms with Crippen molar-refractivity contribution >= 4 is 81.8 Å². The van der Waals surface area contributed by atoms with E-state index in [1.807, 2.05) is 0 Å². The Morgan fingerprint density at radius 3 is 1.24 bits per heavy atom. The average Bonchev–Trinajstić information content (AvgIpc) is 2.80. The van der Waals surface area contributed by atoms with Crippen LogP contribution in [-0.2, 0) is 23.7 Å². The molecular formula is C20H24Cl6N2O9. The first-order valence-electron chi connectivity index (χ1n) is 10.6. The van der Waals surface area contributed by atoms with E-state index >= 15 is 0 Å². The van der Waals surface area contributed by atoms with Crippen LogP contribution in [-0.4, -0.2) is 85.1 Å². The van der Waals surface area contributed by atoms with Crippen molar-refractivity contribution in [3.05, 3.63) is 24.3 Å². The summed E-state index contributed by atoms with van der Waals surface area (Å²) in [5.74, 6) is -0.0765. The third kappa shape index (κ3) is 13.1. The zero-order valence-electron chi connectivity index (χ0n) is 19.1. The molecule has 0 radical (unpaired) electrons. The van der Waals surface area contributed by atoms with Crippen molar-refractivity contribution in [2.24, 2.45) is 0 Å². The molecule has 210 valence electrons. The SMILES string of the molecule is O=C1NC(C(Cl)(Cl)Cl)Oc2ccccc2OC(C(Cl)(Cl)Cl)NC(=O)OCCOCCOCCOCCO1. The number of hydrogen-bond acceptors (Lipinski definition) is 9. The minimum atomic E-state index is -2.15. The molecule has 2 unspecified atom stereocenters. The smallest absolute Gasteiger partial charge is 0.410 e. The number of hydrogen-bond donors (Lipinski definition) is 2. The first-order chi connectivity index (χ1) is 17.5. The van der Waals surface area contributed by atoms with E-state index in [1.54, 1.807) is 12.1 Å². The summed E-state index contributed by atoms with van der Waals surface area (Å²) >= 11 is 35.9. The summed E-state index contributed by atoms with van der Waals surface area (Å²) in [5, 5.41) is 4.59. The van der Waals surface area contributed by atoms with Crippen molar-refractivity contribution in [3.63, 3.8) is 0 Å². The summed E-state index contributed by atoms with van der Waals surface area (Å²) in [6.07, 6.45) is -4.99. The fourth-order valence-corrected chi connectivity index (χ4v) is 3.08. The molecule has 1 aliphatic heterocycles. The number of ether oxygens (including phenoxy) is 7. The Kier molecular flexibility index (Phi) is 14.1. The second-order valence-corrected chi connectivity index (χ2v) is 11.7. The number of carbonyl (C=O) groups is 2. The molecule has 2 N–H and O–H groups in total. The Morgan fingerprint density at radius 1 is 0.595 bits per heavy atom. The number of benzene rings is 1. The van der Waals surface area contributed by atoms with E-state index in [0.29, 0.717) is 0 Å². The molecule has 0 aliphatic carbocycles. The number of para-hydroxylation sites is 2. The van der Waals surface area contributed by atoms with Crippen LogP contribution in [0.5, 0.6) is 11.5 Å². The van der Waals surface area contributed by atoms with Crippen LogP contribution in [0.4, 0.5) is 9.59 Å². The van der Waals surface area contributed by atoms with E-state index in [0.717, 1.165) is 0 Å². The molecule has 0 saturated heterocycles. The second kappa shape index (κ2) is 16.2. The maximum Gasteiger partial charge on any atom is 0.410 e. The monoisotopic (exact) mass is 646 g/mol.